The topological polar surface area (TPSA) is 35.2 Å². The average Bonchev–Trinajstić information content (AvgIpc) is 2.46. The fraction of sp³-hybridized carbons (Fsp3) is 0.294. The highest BCUT2D eigenvalue weighted by Crippen LogP contribution is 2.33. The van der Waals surface area contributed by atoms with Crippen LogP contribution in [0.1, 0.15) is 24.5 Å². The lowest BCUT2D eigenvalue weighted by molar-refractivity contribution is 0.311. The molecule has 0 bridgehead atoms. The Labute approximate surface area is 129 Å². The molecule has 2 aromatic rings. The van der Waals surface area contributed by atoms with Crippen LogP contribution in [0, 0.1) is 0 Å². The summed E-state index contributed by atoms with van der Waals surface area (Å²) in [7, 11) is 0. The lowest BCUT2D eigenvalue weighted by Crippen LogP contribution is -2.03. The van der Waals surface area contributed by atoms with Gasteiger partial charge in [-0.05, 0) is 58.5 Å². The summed E-state index contributed by atoms with van der Waals surface area (Å²) >= 11 is 3.53. The molecule has 0 aliphatic carbocycles. The molecule has 0 atom stereocenters. The molecule has 2 aromatic carbocycles. The van der Waals surface area contributed by atoms with E-state index in [2.05, 4.69) is 53.2 Å². The fourth-order valence-electron chi connectivity index (χ4n) is 2.12. The van der Waals surface area contributed by atoms with Crippen LogP contribution in [-0.2, 0) is 12.8 Å². The molecule has 0 aromatic heterocycles. The Hall–Kier alpha value is -1.48. The normalized spacial score (nSPS) is 10.5. The highest BCUT2D eigenvalue weighted by molar-refractivity contribution is 9.10. The van der Waals surface area contributed by atoms with Gasteiger partial charge in [0.1, 0.15) is 0 Å². The minimum atomic E-state index is 0.670. The molecule has 0 unspecified atom stereocenters. The summed E-state index contributed by atoms with van der Waals surface area (Å²) in [4.78, 5) is 0. The molecule has 2 rings (SSSR count). The molecule has 20 heavy (non-hydrogen) atoms. The van der Waals surface area contributed by atoms with Crippen molar-refractivity contribution in [2.75, 3.05) is 12.3 Å². The number of anilines is 1. The quantitative estimate of drug-likeness (QED) is 0.619. The SMILES string of the molecule is CCc1cc(N)c(OCCCc2ccccc2)c(Br)c1. The molecule has 2 nitrogen and oxygen atoms in total. The minimum absolute atomic E-state index is 0.670. The van der Waals surface area contributed by atoms with Gasteiger partial charge in [-0.2, -0.15) is 0 Å². The van der Waals surface area contributed by atoms with Crippen molar-refractivity contribution in [1.29, 1.82) is 0 Å². The van der Waals surface area contributed by atoms with E-state index in [1.165, 1.54) is 11.1 Å². The number of rotatable bonds is 6. The minimum Gasteiger partial charge on any atom is -0.490 e. The van der Waals surface area contributed by atoms with Gasteiger partial charge in [0, 0.05) is 0 Å². The van der Waals surface area contributed by atoms with Crippen LogP contribution < -0.4 is 10.5 Å². The van der Waals surface area contributed by atoms with E-state index in [1.807, 2.05) is 12.1 Å². The molecule has 106 valence electrons. The summed E-state index contributed by atoms with van der Waals surface area (Å²) in [5.41, 5.74) is 9.29. The van der Waals surface area contributed by atoms with E-state index < -0.39 is 0 Å². The maximum absolute atomic E-state index is 6.04. The Balaban J connectivity index is 1.88. The zero-order valence-corrected chi connectivity index (χ0v) is 13.3. The van der Waals surface area contributed by atoms with Crippen LogP contribution in [0.4, 0.5) is 5.69 Å². The van der Waals surface area contributed by atoms with Gasteiger partial charge in [0.05, 0.1) is 16.8 Å². The average molecular weight is 334 g/mol. The van der Waals surface area contributed by atoms with E-state index in [-0.39, 0.29) is 0 Å². The largest absolute Gasteiger partial charge is 0.490 e. The molecular formula is C17H20BrNO. The van der Waals surface area contributed by atoms with Crippen molar-refractivity contribution in [3.05, 3.63) is 58.1 Å². The van der Waals surface area contributed by atoms with Gasteiger partial charge in [0.25, 0.3) is 0 Å². The lowest BCUT2D eigenvalue weighted by atomic mass is 10.1. The molecule has 2 N–H and O–H groups in total. The van der Waals surface area contributed by atoms with Crippen LogP contribution >= 0.6 is 15.9 Å². The van der Waals surface area contributed by atoms with Crippen LogP contribution in [0.15, 0.2) is 46.9 Å². The van der Waals surface area contributed by atoms with E-state index in [0.29, 0.717) is 12.3 Å². The number of nitrogens with two attached hydrogens (primary N) is 1. The van der Waals surface area contributed by atoms with Gasteiger partial charge >= 0.3 is 0 Å². The third kappa shape index (κ3) is 4.01. The first-order valence-corrected chi connectivity index (χ1v) is 7.74. The van der Waals surface area contributed by atoms with Crippen molar-refractivity contribution in [1.82, 2.24) is 0 Å². The second-order valence-corrected chi connectivity index (χ2v) is 5.64. The standard InChI is InChI=1S/C17H20BrNO/c1-2-13-11-15(18)17(16(19)12-13)20-10-6-9-14-7-4-3-5-8-14/h3-5,7-8,11-12H,2,6,9-10,19H2,1H3. The Kier molecular flexibility index (Phi) is 5.48. The highest BCUT2D eigenvalue weighted by Gasteiger charge is 2.07. The first-order chi connectivity index (χ1) is 9.70. The number of benzene rings is 2. The first kappa shape index (κ1) is 14.9. The highest BCUT2D eigenvalue weighted by atomic mass is 79.9. The van der Waals surface area contributed by atoms with Gasteiger partial charge in [-0.1, -0.05) is 37.3 Å². The zero-order chi connectivity index (χ0) is 14.4. The van der Waals surface area contributed by atoms with Crippen molar-refractivity contribution in [2.45, 2.75) is 26.2 Å². The molecular weight excluding hydrogens is 314 g/mol. The predicted octanol–water partition coefficient (Wildman–Crippen LogP) is 4.61. The van der Waals surface area contributed by atoms with E-state index in [9.17, 15) is 0 Å². The molecule has 0 heterocycles. The molecule has 0 aliphatic heterocycles. The van der Waals surface area contributed by atoms with Gasteiger partial charge in [0.15, 0.2) is 5.75 Å². The molecule has 0 radical (unpaired) electrons. The van der Waals surface area contributed by atoms with Gasteiger partial charge < -0.3 is 10.5 Å². The molecule has 3 heteroatoms. The van der Waals surface area contributed by atoms with E-state index >= 15 is 0 Å². The Morgan fingerprint density at radius 2 is 1.85 bits per heavy atom. The Morgan fingerprint density at radius 1 is 1.10 bits per heavy atom. The summed E-state index contributed by atoms with van der Waals surface area (Å²) in [5.74, 6) is 0.760. The van der Waals surface area contributed by atoms with Gasteiger partial charge in [-0.3, -0.25) is 0 Å². The third-order valence-electron chi connectivity index (χ3n) is 3.24. The van der Waals surface area contributed by atoms with Crippen molar-refractivity contribution in [2.24, 2.45) is 0 Å². The predicted molar refractivity (Wildman–Crippen MR) is 88.2 cm³/mol. The van der Waals surface area contributed by atoms with Crippen molar-refractivity contribution in [3.8, 4) is 5.75 Å². The summed E-state index contributed by atoms with van der Waals surface area (Å²) in [6.45, 7) is 2.78. The molecule has 0 fully saturated rings. The molecule has 0 saturated heterocycles. The number of aryl methyl sites for hydroxylation is 2. The maximum Gasteiger partial charge on any atom is 0.156 e. The van der Waals surface area contributed by atoms with Gasteiger partial charge in [-0.25, -0.2) is 0 Å². The monoisotopic (exact) mass is 333 g/mol. The molecule has 0 aliphatic rings. The summed E-state index contributed by atoms with van der Waals surface area (Å²) < 4.78 is 6.76. The van der Waals surface area contributed by atoms with E-state index in [0.717, 1.165) is 29.5 Å². The summed E-state index contributed by atoms with van der Waals surface area (Å²) in [6, 6.07) is 14.5. The van der Waals surface area contributed by atoms with Crippen molar-refractivity contribution < 1.29 is 4.74 Å². The third-order valence-corrected chi connectivity index (χ3v) is 3.83. The lowest BCUT2D eigenvalue weighted by Gasteiger charge is -2.12. The Bertz CT molecular complexity index is 531. The summed E-state index contributed by atoms with van der Waals surface area (Å²) in [6.07, 6.45) is 2.97. The van der Waals surface area contributed by atoms with E-state index in [1.54, 1.807) is 0 Å². The zero-order valence-electron chi connectivity index (χ0n) is 11.7. The number of nitrogen functional groups attached to an aromatic ring is 1. The second-order valence-electron chi connectivity index (χ2n) is 4.79. The van der Waals surface area contributed by atoms with Crippen molar-refractivity contribution >= 4 is 21.6 Å². The van der Waals surface area contributed by atoms with E-state index in [4.69, 9.17) is 10.5 Å². The van der Waals surface area contributed by atoms with Crippen LogP contribution in [0.3, 0.4) is 0 Å². The Morgan fingerprint density at radius 3 is 2.50 bits per heavy atom. The van der Waals surface area contributed by atoms with Gasteiger partial charge in [0.2, 0.25) is 0 Å². The van der Waals surface area contributed by atoms with Crippen molar-refractivity contribution in [3.63, 3.8) is 0 Å². The number of ether oxygens (including phenoxy) is 1. The first-order valence-electron chi connectivity index (χ1n) is 6.95. The van der Waals surface area contributed by atoms with Crippen LogP contribution in [0.25, 0.3) is 0 Å². The molecule has 0 amide bonds. The summed E-state index contributed by atoms with van der Waals surface area (Å²) in [5, 5.41) is 0. The number of halogens is 1. The molecule has 0 saturated carbocycles. The second kappa shape index (κ2) is 7.34. The maximum atomic E-state index is 6.04. The smallest absolute Gasteiger partial charge is 0.156 e. The van der Waals surface area contributed by atoms with Crippen LogP contribution in [0.5, 0.6) is 5.75 Å². The van der Waals surface area contributed by atoms with Gasteiger partial charge in [-0.15, -0.1) is 0 Å². The van der Waals surface area contributed by atoms with Crippen LogP contribution in [0.2, 0.25) is 0 Å². The van der Waals surface area contributed by atoms with Crippen LogP contribution in [-0.4, -0.2) is 6.61 Å². The fourth-order valence-corrected chi connectivity index (χ4v) is 2.76. The number of hydrogen-bond donors (Lipinski definition) is 1. The molecule has 0 spiro atoms. The number of hydrogen-bond acceptors (Lipinski definition) is 2.